The summed E-state index contributed by atoms with van der Waals surface area (Å²) in [6, 6.07) is 25.1. The van der Waals surface area contributed by atoms with Crippen LogP contribution in [0.3, 0.4) is 0 Å². The van der Waals surface area contributed by atoms with E-state index in [0.29, 0.717) is 13.1 Å². The van der Waals surface area contributed by atoms with Gasteiger partial charge in [0.25, 0.3) is 0 Å². The zero-order valence-corrected chi connectivity index (χ0v) is 22.5. The molecule has 4 heteroatoms. The molecular weight excluding hydrogens is 548 g/mol. The first-order valence-electron chi connectivity index (χ1n) is 10.8. The number of rotatable bonds is 3. The van der Waals surface area contributed by atoms with Gasteiger partial charge in [0, 0.05) is 34.4 Å². The molecule has 2 heterocycles. The average Bonchev–Trinajstić information content (AvgIpc) is 2.80. The summed E-state index contributed by atoms with van der Waals surface area (Å²) in [5.41, 5.74) is 6.88. The number of aromatic nitrogens is 2. The Morgan fingerprint density at radius 1 is 0.559 bits per heavy atom. The Labute approximate surface area is 223 Å². The van der Waals surface area contributed by atoms with Crippen molar-refractivity contribution in [3.63, 3.8) is 0 Å². The normalized spacial score (nSPS) is 9.35. The van der Waals surface area contributed by atoms with Crippen molar-refractivity contribution in [1.82, 2.24) is 0 Å². The lowest BCUT2D eigenvalue weighted by Gasteiger charge is -2.02. The van der Waals surface area contributed by atoms with Gasteiger partial charge in [0.05, 0.1) is 0 Å². The van der Waals surface area contributed by atoms with Crippen LogP contribution in [0.2, 0.25) is 0 Å². The first kappa shape index (κ1) is 27.1. The Morgan fingerprint density at radius 2 is 0.941 bits per heavy atom. The van der Waals surface area contributed by atoms with E-state index in [0.717, 1.165) is 11.1 Å². The van der Waals surface area contributed by atoms with Gasteiger partial charge in [-0.25, -0.2) is 0 Å². The number of pyridine rings is 2. The van der Waals surface area contributed by atoms with E-state index < -0.39 is 0 Å². The van der Waals surface area contributed by atoms with Gasteiger partial charge < -0.3 is 34.0 Å². The van der Waals surface area contributed by atoms with Crippen molar-refractivity contribution >= 4 is 0 Å². The molecule has 0 aliphatic carbocycles. The van der Waals surface area contributed by atoms with E-state index in [2.05, 4.69) is 120 Å². The van der Waals surface area contributed by atoms with Crippen LogP contribution in [0.15, 0.2) is 97.6 Å². The Balaban J connectivity index is 0.00000204. The first-order valence-corrected chi connectivity index (χ1v) is 10.8. The van der Waals surface area contributed by atoms with E-state index in [4.69, 9.17) is 0 Å². The zero-order chi connectivity index (χ0) is 22.2. The maximum atomic E-state index is 3.25. The van der Waals surface area contributed by atoms with Crippen LogP contribution >= 0.6 is 0 Å². The van der Waals surface area contributed by atoms with Gasteiger partial charge in [-0.1, -0.05) is 36.1 Å². The molecule has 0 atom stereocenters. The Bertz CT molecular complexity index is 1230. The lowest BCUT2D eigenvalue weighted by molar-refractivity contribution is -0.685. The van der Waals surface area contributed by atoms with Gasteiger partial charge in [-0.05, 0) is 73.2 Å². The maximum Gasteiger partial charge on any atom is 0.209 e. The summed E-state index contributed by atoms with van der Waals surface area (Å²) in [4.78, 5) is 0. The molecule has 0 fully saturated rings. The van der Waals surface area contributed by atoms with Crippen LogP contribution in [0.4, 0.5) is 0 Å². The summed E-state index contributed by atoms with van der Waals surface area (Å²) in [6.07, 6.45) is 8.29. The Morgan fingerprint density at radius 3 is 1.29 bits per heavy atom. The molecular formula is C30H26Br2N2. The fourth-order valence-corrected chi connectivity index (χ4v) is 3.46. The third kappa shape index (κ3) is 7.99. The quantitative estimate of drug-likeness (QED) is 0.212. The van der Waals surface area contributed by atoms with E-state index in [-0.39, 0.29) is 34.0 Å². The van der Waals surface area contributed by atoms with Crippen LogP contribution < -0.4 is 43.1 Å². The third-order valence-electron chi connectivity index (χ3n) is 5.10. The second kappa shape index (κ2) is 13.5. The van der Waals surface area contributed by atoms with E-state index >= 15 is 0 Å². The van der Waals surface area contributed by atoms with Gasteiger partial charge in [0.1, 0.15) is 0 Å². The van der Waals surface area contributed by atoms with Gasteiger partial charge >= 0.3 is 0 Å². The molecule has 0 aliphatic rings. The maximum absolute atomic E-state index is 3.25. The molecule has 170 valence electrons. The standard InChI is InChI=1S/C30H26N2.2BrH/c1-25-7-3-19-31(23-25)21-5-9-27-11-15-29(16-12-27)30-17-13-28(14-18-30)10-6-22-32-20-4-8-26(2)24-32;;/h3-4,7-8,11-20,23-24H,21-22H2,1-2H3;2*1H/q+2;;/p-2. The minimum absolute atomic E-state index is 0. The number of nitrogens with zero attached hydrogens (tertiary/aromatic N) is 2. The molecule has 0 amide bonds. The number of halogens is 2. The molecule has 0 unspecified atom stereocenters. The van der Waals surface area contributed by atoms with Gasteiger partial charge in [0.2, 0.25) is 13.1 Å². The Kier molecular flexibility index (Phi) is 10.8. The summed E-state index contributed by atoms with van der Waals surface area (Å²) >= 11 is 0. The lowest BCUT2D eigenvalue weighted by Crippen LogP contribution is -3.00. The number of benzene rings is 2. The lowest BCUT2D eigenvalue weighted by atomic mass is 10.0. The predicted molar refractivity (Wildman–Crippen MR) is 128 cm³/mol. The van der Waals surface area contributed by atoms with Crippen LogP contribution in [0, 0.1) is 37.5 Å². The van der Waals surface area contributed by atoms with Crippen molar-refractivity contribution in [2.45, 2.75) is 26.9 Å². The fraction of sp³-hybridized carbons (Fsp3) is 0.133. The second-order valence-corrected chi connectivity index (χ2v) is 7.87. The smallest absolute Gasteiger partial charge is 0.209 e. The monoisotopic (exact) mass is 572 g/mol. The molecule has 0 spiro atoms. The second-order valence-electron chi connectivity index (χ2n) is 7.87. The fourth-order valence-electron chi connectivity index (χ4n) is 3.46. The van der Waals surface area contributed by atoms with Crippen LogP contribution in [0.25, 0.3) is 11.1 Å². The van der Waals surface area contributed by atoms with Crippen molar-refractivity contribution in [2.24, 2.45) is 0 Å². The van der Waals surface area contributed by atoms with Crippen molar-refractivity contribution in [3.8, 4) is 34.8 Å². The number of hydrogen-bond donors (Lipinski definition) is 0. The molecule has 0 saturated carbocycles. The number of hydrogen-bond acceptors (Lipinski definition) is 0. The summed E-state index contributed by atoms with van der Waals surface area (Å²) in [7, 11) is 0. The molecule has 2 nitrogen and oxygen atoms in total. The molecule has 0 N–H and O–H groups in total. The van der Waals surface area contributed by atoms with Crippen molar-refractivity contribution in [1.29, 1.82) is 0 Å². The highest BCUT2D eigenvalue weighted by molar-refractivity contribution is 5.65. The van der Waals surface area contributed by atoms with E-state index in [1.54, 1.807) is 0 Å². The van der Waals surface area contributed by atoms with Crippen LogP contribution in [-0.4, -0.2) is 0 Å². The van der Waals surface area contributed by atoms with Crippen molar-refractivity contribution in [2.75, 3.05) is 0 Å². The average molecular weight is 574 g/mol. The highest BCUT2D eigenvalue weighted by Gasteiger charge is 2.00. The predicted octanol–water partition coefficient (Wildman–Crippen LogP) is -1.34. The SMILES string of the molecule is Cc1ccc[n+](CC#Cc2ccc(-c3ccc(C#CC[n+]4cccc(C)c4)cc3)cc2)c1.[Br-].[Br-]. The molecule has 4 aromatic rings. The summed E-state index contributed by atoms with van der Waals surface area (Å²) in [6.45, 7) is 5.56. The summed E-state index contributed by atoms with van der Waals surface area (Å²) < 4.78 is 4.20. The summed E-state index contributed by atoms with van der Waals surface area (Å²) in [5, 5.41) is 0. The van der Waals surface area contributed by atoms with E-state index in [9.17, 15) is 0 Å². The van der Waals surface area contributed by atoms with E-state index in [1.165, 1.54) is 22.3 Å². The van der Waals surface area contributed by atoms with Crippen LogP contribution in [-0.2, 0) is 13.1 Å². The zero-order valence-electron chi connectivity index (χ0n) is 19.3. The van der Waals surface area contributed by atoms with Gasteiger partial charge in [0.15, 0.2) is 24.8 Å². The van der Waals surface area contributed by atoms with Crippen molar-refractivity contribution < 1.29 is 43.1 Å². The number of aryl methyl sites for hydroxylation is 2. The topological polar surface area (TPSA) is 7.76 Å². The largest absolute Gasteiger partial charge is 1.00 e. The van der Waals surface area contributed by atoms with Crippen molar-refractivity contribution in [3.05, 3.63) is 120 Å². The third-order valence-corrected chi connectivity index (χ3v) is 5.10. The minimum atomic E-state index is 0. The van der Waals surface area contributed by atoms with Gasteiger partial charge in [-0.2, -0.15) is 9.13 Å². The highest BCUT2D eigenvalue weighted by Crippen LogP contribution is 2.20. The molecule has 2 aromatic heterocycles. The van der Waals surface area contributed by atoms with Crippen LogP contribution in [0.5, 0.6) is 0 Å². The molecule has 4 rings (SSSR count). The molecule has 0 radical (unpaired) electrons. The van der Waals surface area contributed by atoms with Crippen LogP contribution in [0.1, 0.15) is 22.3 Å². The van der Waals surface area contributed by atoms with Gasteiger partial charge in [-0.3, -0.25) is 0 Å². The molecule has 2 aromatic carbocycles. The molecule has 34 heavy (non-hydrogen) atoms. The molecule has 0 bridgehead atoms. The summed E-state index contributed by atoms with van der Waals surface area (Å²) in [5.74, 6) is 13.0. The first-order chi connectivity index (χ1) is 15.7. The molecule has 0 aliphatic heterocycles. The van der Waals surface area contributed by atoms with E-state index in [1.807, 2.05) is 24.5 Å². The highest BCUT2D eigenvalue weighted by atomic mass is 79.9. The molecule has 0 saturated heterocycles. The Hall–Kier alpha value is -3.18. The minimum Gasteiger partial charge on any atom is -1.00 e. The van der Waals surface area contributed by atoms with Gasteiger partial charge in [-0.15, -0.1) is 0 Å².